The minimum atomic E-state index is -0.256. The Morgan fingerprint density at radius 3 is 2.77 bits per heavy atom. The van der Waals surface area contributed by atoms with Crippen molar-refractivity contribution in [2.24, 2.45) is 0 Å². The number of carbonyl (C=O) groups is 2. The molecule has 138 valence electrons. The van der Waals surface area contributed by atoms with E-state index in [0.717, 1.165) is 13.0 Å². The molecule has 0 atom stereocenters. The number of amides is 2. The largest absolute Gasteiger partial charge is 0.359 e. The summed E-state index contributed by atoms with van der Waals surface area (Å²) in [6.45, 7) is 2.60. The maximum absolute atomic E-state index is 12.5. The third kappa shape index (κ3) is 4.49. The average Bonchev–Trinajstić information content (AvgIpc) is 3.11. The Hall–Kier alpha value is -2.67. The molecule has 7 nitrogen and oxygen atoms in total. The van der Waals surface area contributed by atoms with Crippen molar-refractivity contribution in [2.45, 2.75) is 13.0 Å². The number of nitrogens with zero attached hydrogens (tertiary/aromatic N) is 4. The van der Waals surface area contributed by atoms with Gasteiger partial charge in [0.15, 0.2) is 11.5 Å². The lowest BCUT2D eigenvalue weighted by molar-refractivity contribution is -0.133. The van der Waals surface area contributed by atoms with Gasteiger partial charge in [-0.25, -0.2) is 0 Å². The number of rotatable bonds is 6. The molecule has 0 saturated carbocycles. The van der Waals surface area contributed by atoms with Gasteiger partial charge in [0.25, 0.3) is 5.91 Å². The summed E-state index contributed by atoms with van der Waals surface area (Å²) in [5, 5.41) is 3.89. The summed E-state index contributed by atoms with van der Waals surface area (Å²) in [6.07, 6.45) is 0.945. The summed E-state index contributed by atoms with van der Waals surface area (Å²) in [5.74, 6) is 0.326. The van der Waals surface area contributed by atoms with E-state index in [0.29, 0.717) is 25.4 Å². The summed E-state index contributed by atoms with van der Waals surface area (Å²) in [6, 6.07) is 12.0. The highest BCUT2D eigenvalue weighted by atomic mass is 16.5. The monoisotopic (exact) mass is 356 g/mol. The highest BCUT2D eigenvalue weighted by molar-refractivity contribution is 5.95. The molecule has 1 fully saturated rings. The molecule has 0 aliphatic carbocycles. The van der Waals surface area contributed by atoms with Gasteiger partial charge in [-0.1, -0.05) is 35.5 Å². The van der Waals surface area contributed by atoms with Crippen LogP contribution in [0, 0.1) is 0 Å². The van der Waals surface area contributed by atoms with Crippen LogP contribution in [0.5, 0.6) is 0 Å². The first-order valence-electron chi connectivity index (χ1n) is 8.74. The Morgan fingerprint density at radius 1 is 1.27 bits per heavy atom. The van der Waals surface area contributed by atoms with Crippen molar-refractivity contribution >= 4 is 11.8 Å². The normalized spacial score (nSPS) is 15.0. The first-order valence-corrected chi connectivity index (χ1v) is 8.74. The fourth-order valence-electron chi connectivity index (χ4n) is 2.89. The fraction of sp³-hybridized carbons (Fsp3) is 0.421. The topological polar surface area (TPSA) is 69.9 Å². The molecule has 7 heteroatoms. The maximum atomic E-state index is 12.5. The van der Waals surface area contributed by atoms with E-state index in [2.05, 4.69) is 22.2 Å². The van der Waals surface area contributed by atoms with E-state index in [9.17, 15) is 9.59 Å². The first-order chi connectivity index (χ1) is 12.5. The smallest absolute Gasteiger partial charge is 0.276 e. The van der Waals surface area contributed by atoms with Crippen LogP contribution >= 0.6 is 0 Å². The SMILES string of the molecule is CN(CCc1ccccc1)Cc1cc(C(=O)N2CCN(C)C(=O)C2)no1. The van der Waals surface area contributed by atoms with Gasteiger partial charge in [-0.15, -0.1) is 0 Å². The number of likely N-dealkylation sites (N-methyl/N-ethyl adjacent to an activating group) is 2. The Labute approximate surface area is 153 Å². The Balaban J connectivity index is 1.52. The van der Waals surface area contributed by atoms with Crippen LogP contribution in [-0.2, 0) is 17.8 Å². The highest BCUT2D eigenvalue weighted by Crippen LogP contribution is 2.12. The number of hydrogen-bond donors (Lipinski definition) is 0. The molecule has 0 unspecified atom stereocenters. The number of hydrogen-bond acceptors (Lipinski definition) is 5. The number of benzene rings is 1. The highest BCUT2D eigenvalue weighted by Gasteiger charge is 2.27. The van der Waals surface area contributed by atoms with Gasteiger partial charge >= 0.3 is 0 Å². The van der Waals surface area contributed by atoms with Crippen LogP contribution in [0.3, 0.4) is 0 Å². The summed E-state index contributed by atoms with van der Waals surface area (Å²) < 4.78 is 5.31. The molecule has 26 heavy (non-hydrogen) atoms. The van der Waals surface area contributed by atoms with Crippen LogP contribution in [0.2, 0.25) is 0 Å². The summed E-state index contributed by atoms with van der Waals surface area (Å²) in [7, 11) is 3.75. The molecule has 2 heterocycles. The number of aromatic nitrogens is 1. The molecule has 2 aromatic rings. The van der Waals surface area contributed by atoms with Gasteiger partial charge in [0.2, 0.25) is 5.91 Å². The van der Waals surface area contributed by atoms with Gasteiger partial charge in [0, 0.05) is 32.7 Å². The molecule has 0 radical (unpaired) electrons. The quantitative estimate of drug-likeness (QED) is 0.779. The van der Waals surface area contributed by atoms with Gasteiger partial charge in [-0.3, -0.25) is 14.5 Å². The first kappa shape index (κ1) is 18.1. The lowest BCUT2D eigenvalue weighted by Gasteiger charge is -2.31. The van der Waals surface area contributed by atoms with Crippen LogP contribution in [0.4, 0.5) is 0 Å². The number of piperazine rings is 1. The standard InChI is InChI=1S/C19H24N4O3/c1-21(9-8-15-6-4-3-5-7-15)13-16-12-17(20-26-16)19(25)23-11-10-22(2)18(24)14-23/h3-7,12H,8-11,13-14H2,1-2H3. The zero-order valence-corrected chi connectivity index (χ0v) is 15.2. The second-order valence-corrected chi connectivity index (χ2v) is 6.69. The molecule has 0 spiro atoms. The van der Waals surface area contributed by atoms with Crippen LogP contribution in [0.1, 0.15) is 21.8 Å². The summed E-state index contributed by atoms with van der Waals surface area (Å²) >= 11 is 0. The van der Waals surface area contributed by atoms with Crippen molar-refractivity contribution in [1.29, 1.82) is 0 Å². The molecule has 1 aromatic heterocycles. The minimum Gasteiger partial charge on any atom is -0.359 e. The third-order valence-corrected chi connectivity index (χ3v) is 4.57. The fourth-order valence-corrected chi connectivity index (χ4v) is 2.89. The van der Waals surface area contributed by atoms with Crippen LogP contribution in [-0.4, -0.2) is 71.9 Å². The van der Waals surface area contributed by atoms with Gasteiger partial charge in [-0.2, -0.15) is 0 Å². The van der Waals surface area contributed by atoms with Crippen molar-refractivity contribution < 1.29 is 14.1 Å². The van der Waals surface area contributed by atoms with Crippen molar-refractivity contribution in [3.8, 4) is 0 Å². The summed E-state index contributed by atoms with van der Waals surface area (Å²) in [5.41, 5.74) is 1.54. The van der Waals surface area contributed by atoms with E-state index in [-0.39, 0.29) is 24.1 Å². The van der Waals surface area contributed by atoms with Gasteiger partial charge in [-0.05, 0) is 19.0 Å². The average molecular weight is 356 g/mol. The van der Waals surface area contributed by atoms with Gasteiger partial charge < -0.3 is 14.3 Å². The van der Waals surface area contributed by atoms with Crippen LogP contribution in [0.25, 0.3) is 0 Å². The molecular formula is C19H24N4O3. The molecule has 1 aliphatic rings. The van der Waals surface area contributed by atoms with E-state index >= 15 is 0 Å². The van der Waals surface area contributed by atoms with E-state index in [4.69, 9.17) is 4.52 Å². The molecule has 1 saturated heterocycles. The van der Waals surface area contributed by atoms with Crippen molar-refractivity contribution in [3.05, 3.63) is 53.4 Å². The zero-order chi connectivity index (χ0) is 18.5. The van der Waals surface area contributed by atoms with Gasteiger partial charge in [0.05, 0.1) is 6.54 Å². The minimum absolute atomic E-state index is 0.0611. The zero-order valence-electron chi connectivity index (χ0n) is 15.2. The predicted molar refractivity (Wildman–Crippen MR) is 96.5 cm³/mol. The van der Waals surface area contributed by atoms with Crippen molar-refractivity contribution in [2.75, 3.05) is 40.3 Å². The Morgan fingerprint density at radius 2 is 2.04 bits per heavy atom. The van der Waals surface area contributed by atoms with E-state index in [1.54, 1.807) is 18.0 Å². The summed E-state index contributed by atoms with van der Waals surface area (Å²) in [4.78, 5) is 29.5. The molecule has 0 bridgehead atoms. The molecule has 2 amide bonds. The van der Waals surface area contributed by atoms with Crippen molar-refractivity contribution in [3.63, 3.8) is 0 Å². The van der Waals surface area contributed by atoms with Crippen LogP contribution in [0.15, 0.2) is 40.9 Å². The second kappa shape index (κ2) is 8.14. The molecule has 0 N–H and O–H groups in total. The lowest BCUT2D eigenvalue weighted by atomic mass is 10.1. The predicted octanol–water partition coefficient (Wildman–Crippen LogP) is 1.26. The second-order valence-electron chi connectivity index (χ2n) is 6.69. The molecule has 1 aliphatic heterocycles. The van der Waals surface area contributed by atoms with Crippen molar-refractivity contribution in [1.82, 2.24) is 19.9 Å². The van der Waals surface area contributed by atoms with E-state index in [1.165, 1.54) is 10.5 Å². The maximum Gasteiger partial charge on any atom is 0.276 e. The Bertz CT molecular complexity index is 759. The molecule has 1 aromatic carbocycles. The molecular weight excluding hydrogens is 332 g/mol. The van der Waals surface area contributed by atoms with Crippen LogP contribution < -0.4 is 0 Å². The van der Waals surface area contributed by atoms with E-state index in [1.807, 2.05) is 25.2 Å². The lowest BCUT2D eigenvalue weighted by Crippen LogP contribution is -2.50. The van der Waals surface area contributed by atoms with E-state index < -0.39 is 0 Å². The number of carbonyl (C=O) groups excluding carboxylic acids is 2. The Kier molecular flexibility index (Phi) is 5.68. The molecule has 3 rings (SSSR count). The third-order valence-electron chi connectivity index (χ3n) is 4.57. The van der Waals surface area contributed by atoms with Gasteiger partial charge in [0.1, 0.15) is 6.54 Å².